The van der Waals surface area contributed by atoms with Gasteiger partial charge >= 0.3 is 0 Å². The first-order valence-corrected chi connectivity index (χ1v) is 7.75. The fourth-order valence-electron chi connectivity index (χ4n) is 1.85. The van der Waals surface area contributed by atoms with Crippen molar-refractivity contribution in [1.82, 2.24) is 15.0 Å². The molecule has 0 aliphatic carbocycles. The zero-order valence-electron chi connectivity index (χ0n) is 9.85. The van der Waals surface area contributed by atoms with E-state index < -0.39 is 9.84 Å². The van der Waals surface area contributed by atoms with Crippen LogP contribution in [0.15, 0.2) is 0 Å². The summed E-state index contributed by atoms with van der Waals surface area (Å²) >= 11 is 5.74. The van der Waals surface area contributed by atoms with Gasteiger partial charge in [0.1, 0.15) is 0 Å². The molecule has 1 aliphatic heterocycles. The van der Waals surface area contributed by atoms with Gasteiger partial charge in [-0.1, -0.05) is 0 Å². The summed E-state index contributed by atoms with van der Waals surface area (Å²) in [6, 6.07) is -0.174. The highest BCUT2D eigenvalue weighted by molar-refractivity contribution is 7.91. The molecule has 100 valence electrons. The lowest BCUT2D eigenvalue weighted by atomic mass is 10.2. The summed E-state index contributed by atoms with van der Waals surface area (Å²) in [6.45, 7) is 0. The second kappa shape index (κ2) is 5.23. The van der Waals surface area contributed by atoms with Gasteiger partial charge in [0.2, 0.25) is 17.2 Å². The summed E-state index contributed by atoms with van der Waals surface area (Å²) in [7, 11) is -1.29. The van der Waals surface area contributed by atoms with Crippen LogP contribution in [0.5, 0.6) is 0 Å². The summed E-state index contributed by atoms with van der Waals surface area (Å²) in [5.41, 5.74) is 0. The number of aromatic nitrogens is 3. The summed E-state index contributed by atoms with van der Waals surface area (Å²) in [6.07, 6.45) is 1.43. The van der Waals surface area contributed by atoms with Gasteiger partial charge < -0.3 is 10.6 Å². The van der Waals surface area contributed by atoms with Crippen molar-refractivity contribution in [1.29, 1.82) is 0 Å². The number of anilines is 2. The van der Waals surface area contributed by atoms with Crippen molar-refractivity contribution in [3.05, 3.63) is 5.28 Å². The second-order valence-corrected chi connectivity index (χ2v) is 6.67. The predicted octanol–water partition coefficient (Wildman–Crippen LogP) is 0.556. The van der Waals surface area contributed by atoms with Gasteiger partial charge in [-0.25, -0.2) is 8.42 Å². The molecule has 0 saturated carbocycles. The van der Waals surface area contributed by atoms with E-state index in [1.165, 1.54) is 0 Å². The van der Waals surface area contributed by atoms with Gasteiger partial charge in [0.15, 0.2) is 9.84 Å². The van der Waals surface area contributed by atoms with Gasteiger partial charge in [0, 0.05) is 13.1 Å². The van der Waals surface area contributed by atoms with Crippen LogP contribution in [0, 0.1) is 0 Å². The molecular formula is C9H14ClN5O2S. The number of hydrogen-bond acceptors (Lipinski definition) is 7. The van der Waals surface area contributed by atoms with E-state index in [0.29, 0.717) is 18.3 Å². The zero-order chi connectivity index (χ0) is 13.2. The first kappa shape index (κ1) is 13.3. The molecule has 1 saturated heterocycles. The molecule has 2 N–H and O–H groups in total. The van der Waals surface area contributed by atoms with E-state index in [-0.39, 0.29) is 22.8 Å². The molecular weight excluding hydrogens is 278 g/mol. The monoisotopic (exact) mass is 291 g/mol. The fraction of sp³-hybridized carbons (Fsp3) is 0.667. The van der Waals surface area contributed by atoms with Crippen molar-refractivity contribution in [3.8, 4) is 0 Å². The Kier molecular flexibility index (Phi) is 3.86. The predicted molar refractivity (Wildman–Crippen MR) is 69.7 cm³/mol. The Morgan fingerprint density at radius 3 is 2.67 bits per heavy atom. The molecule has 1 atom stereocenters. The van der Waals surface area contributed by atoms with Crippen LogP contribution in [0.3, 0.4) is 0 Å². The Hall–Kier alpha value is -1.15. The average Bonchev–Trinajstić information content (AvgIpc) is 2.26. The van der Waals surface area contributed by atoms with Crippen molar-refractivity contribution < 1.29 is 8.42 Å². The molecule has 7 nitrogen and oxygen atoms in total. The van der Waals surface area contributed by atoms with E-state index >= 15 is 0 Å². The zero-order valence-corrected chi connectivity index (χ0v) is 11.4. The second-order valence-electron chi connectivity index (χ2n) is 4.10. The van der Waals surface area contributed by atoms with E-state index in [4.69, 9.17) is 11.6 Å². The first-order chi connectivity index (χ1) is 8.48. The van der Waals surface area contributed by atoms with E-state index in [2.05, 4.69) is 25.6 Å². The average molecular weight is 292 g/mol. The maximum Gasteiger partial charge on any atom is 0.229 e. The van der Waals surface area contributed by atoms with Crippen molar-refractivity contribution in [2.24, 2.45) is 0 Å². The van der Waals surface area contributed by atoms with Crippen LogP contribution >= 0.6 is 11.6 Å². The van der Waals surface area contributed by atoms with Gasteiger partial charge in [-0.05, 0) is 24.4 Å². The van der Waals surface area contributed by atoms with Crippen molar-refractivity contribution >= 4 is 33.3 Å². The SMILES string of the molecule is CNc1nc(Cl)nc(NC2CCCS(=O)(=O)C2)n1. The van der Waals surface area contributed by atoms with E-state index in [1.54, 1.807) is 7.05 Å². The van der Waals surface area contributed by atoms with Crippen molar-refractivity contribution in [2.75, 3.05) is 29.2 Å². The third kappa shape index (κ3) is 3.42. The van der Waals surface area contributed by atoms with Gasteiger partial charge in [0.05, 0.1) is 11.5 Å². The number of hydrogen-bond donors (Lipinski definition) is 2. The Labute approximate surface area is 110 Å². The summed E-state index contributed by atoms with van der Waals surface area (Å²) in [5.74, 6) is 0.994. The lowest BCUT2D eigenvalue weighted by Crippen LogP contribution is -2.35. The van der Waals surface area contributed by atoms with Crippen LogP contribution in [0.4, 0.5) is 11.9 Å². The Morgan fingerprint density at radius 2 is 2.00 bits per heavy atom. The van der Waals surface area contributed by atoms with Crippen LogP contribution in [0.1, 0.15) is 12.8 Å². The molecule has 0 amide bonds. The minimum atomic E-state index is -2.96. The maximum absolute atomic E-state index is 11.5. The van der Waals surface area contributed by atoms with Crippen LogP contribution in [-0.2, 0) is 9.84 Å². The van der Waals surface area contributed by atoms with Crippen LogP contribution in [-0.4, -0.2) is 48.0 Å². The van der Waals surface area contributed by atoms with E-state index in [0.717, 1.165) is 6.42 Å². The molecule has 1 aliphatic rings. The molecule has 18 heavy (non-hydrogen) atoms. The molecule has 2 rings (SSSR count). The fourth-order valence-corrected chi connectivity index (χ4v) is 3.64. The van der Waals surface area contributed by atoms with Gasteiger partial charge in [-0.15, -0.1) is 0 Å². The van der Waals surface area contributed by atoms with Crippen LogP contribution < -0.4 is 10.6 Å². The van der Waals surface area contributed by atoms with Crippen molar-refractivity contribution in [2.45, 2.75) is 18.9 Å². The molecule has 9 heteroatoms. The highest BCUT2D eigenvalue weighted by atomic mass is 35.5. The number of sulfone groups is 1. The molecule has 1 unspecified atom stereocenters. The standard InChI is InChI=1S/C9H14ClN5O2S/c1-11-8-13-7(10)14-9(15-8)12-6-3-2-4-18(16,17)5-6/h6H,2-5H2,1H3,(H2,11,12,13,14,15). The van der Waals surface area contributed by atoms with Crippen molar-refractivity contribution in [3.63, 3.8) is 0 Å². The highest BCUT2D eigenvalue weighted by Gasteiger charge is 2.25. The Balaban J connectivity index is 2.11. The Bertz CT molecular complexity index is 536. The molecule has 1 aromatic heterocycles. The maximum atomic E-state index is 11.5. The normalized spacial score (nSPS) is 22.4. The third-order valence-electron chi connectivity index (χ3n) is 2.63. The molecule has 1 fully saturated rings. The first-order valence-electron chi connectivity index (χ1n) is 5.55. The van der Waals surface area contributed by atoms with Gasteiger partial charge in [0.25, 0.3) is 0 Å². The highest BCUT2D eigenvalue weighted by Crippen LogP contribution is 2.17. The van der Waals surface area contributed by atoms with Crippen LogP contribution in [0.25, 0.3) is 0 Å². The largest absolute Gasteiger partial charge is 0.357 e. The number of rotatable bonds is 3. The molecule has 0 radical (unpaired) electrons. The lowest BCUT2D eigenvalue weighted by molar-refractivity contribution is 0.561. The third-order valence-corrected chi connectivity index (χ3v) is 4.62. The van der Waals surface area contributed by atoms with E-state index in [9.17, 15) is 8.42 Å². The summed E-state index contributed by atoms with van der Waals surface area (Å²) in [5, 5.41) is 5.81. The quantitative estimate of drug-likeness (QED) is 0.839. The van der Waals surface area contributed by atoms with Gasteiger partial charge in [-0.3, -0.25) is 0 Å². The summed E-state index contributed by atoms with van der Waals surface area (Å²) < 4.78 is 23.0. The Morgan fingerprint density at radius 1 is 1.28 bits per heavy atom. The molecule has 2 heterocycles. The number of nitrogens with zero attached hydrogens (tertiary/aromatic N) is 3. The minimum absolute atomic E-state index is 0.0653. The molecule has 0 aromatic carbocycles. The van der Waals surface area contributed by atoms with E-state index in [1.807, 2.05) is 0 Å². The molecule has 1 aromatic rings. The number of halogens is 1. The minimum Gasteiger partial charge on any atom is -0.357 e. The topological polar surface area (TPSA) is 96.9 Å². The molecule has 0 bridgehead atoms. The molecule has 0 spiro atoms. The van der Waals surface area contributed by atoms with Crippen LogP contribution in [0.2, 0.25) is 5.28 Å². The smallest absolute Gasteiger partial charge is 0.229 e. The number of nitrogens with one attached hydrogen (secondary N) is 2. The van der Waals surface area contributed by atoms with Gasteiger partial charge in [-0.2, -0.15) is 15.0 Å². The summed E-state index contributed by atoms with van der Waals surface area (Å²) in [4.78, 5) is 11.8. The lowest BCUT2D eigenvalue weighted by Gasteiger charge is -2.22.